The van der Waals surface area contributed by atoms with Crippen molar-refractivity contribution in [3.63, 3.8) is 0 Å². The molecule has 4 fully saturated rings. The summed E-state index contributed by atoms with van der Waals surface area (Å²) >= 11 is 0. The van der Waals surface area contributed by atoms with Gasteiger partial charge in [-0.05, 0) is 67.6 Å². The average Bonchev–Trinajstić information content (AvgIpc) is 2.00. The molecule has 0 aromatic carbocycles. The van der Waals surface area contributed by atoms with Crippen LogP contribution in [0.15, 0.2) is 0 Å². The first-order chi connectivity index (χ1) is 6.24. The molecule has 4 aliphatic rings. The van der Waals surface area contributed by atoms with E-state index in [4.69, 9.17) is 0 Å². The quantitative estimate of drug-likeness (QED) is 0.572. The molecule has 0 heterocycles. The van der Waals surface area contributed by atoms with Gasteiger partial charge < -0.3 is 0 Å². The van der Waals surface area contributed by atoms with Crippen LogP contribution in [-0.2, 0) is 0 Å². The van der Waals surface area contributed by atoms with Crippen LogP contribution >= 0.6 is 0 Å². The van der Waals surface area contributed by atoms with Crippen molar-refractivity contribution in [2.45, 2.75) is 46.0 Å². The molecule has 0 aliphatic heterocycles. The van der Waals surface area contributed by atoms with E-state index in [1.165, 1.54) is 25.7 Å². The van der Waals surface area contributed by atoms with Gasteiger partial charge in [-0.25, -0.2) is 0 Å². The van der Waals surface area contributed by atoms with Crippen molar-refractivity contribution >= 4 is 0 Å². The Morgan fingerprint density at radius 3 is 2.08 bits per heavy atom. The zero-order chi connectivity index (χ0) is 9.00. The summed E-state index contributed by atoms with van der Waals surface area (Å²) in [7, 11) is 0. The van der Waals surface area contributed by atoms with Crippen LogP contribution in [0.25, 0.3) is 0 Å². The molecule has 0 aromatic heterocycles. The molecule has 0 heteroatoms. The van der Waals surface area contributed by atoms with E-state index in [1.54, 1.807) is 6.42 Å². The minimum absolute atomic E-state index is 0.833. The molecule has 4 saturated carbocycles. The van der Waals surface area contributed by atoms with E-state index in [0.29, 0.717) is 0 Å². The Hall–Kier alpha value is 0. The van der Waals surface area contributed by atoms with Gasteiger partial charge in [-0.2, -0.15) is 0 Å². The zero-order valence-electron chi connectivity index (χ0n) is 8.84. The lowest BCUT2D eigenvalue weighted by Crippen LogP contribution is -2.44. The second-order valence-corrected chi connectivity index (χ2v) is 5.76. The summed E-state index contributed by atoms with van der Waals surface area (Å²) in [6.45, 7) is 4.79. The largest absolute Gasteiger partial charge is 0.0622 e. The Kier molecular flexibility index (Phi) is 1.76. The van der Waals surface area contributed by atoms with Crippen LogP contribution in [0, 0.1) is 35.5 Å². The third-order valence-electron chi connectivity index (χ3n) is 4.44. The van der Waals surface area contributed by atoms with Crippen molar-refractivity contribution < 1.29 is 0 Å². The Morgan fingerprint density at radius 2 is 1.62 bits per heavy atom. The van der Waals surface area contributed by atoms with Gasteiger partial charge in [-0.1, -0.05) is 13.8 Å². The maximum Gasteiger partial charge on any atom is -0.0117 e. The predicted octanol–water partition coefficient (Wildman–Crippen LogP) is 3.63. The van der Waals surface area contributed by atoms with Crippen molar-refractivity contribution in [1.82, 2.24) is 0 Å². The van der Waals surface area contributed by atoms with Crippen LogP contribution in [0.3, 0.4) is 0 Å². The topological polar surface area (TPSA) is 0 Å². The summed E-state index contributed by atoms with van der Waals surface area (Å²) in [5.74, 6) is 7.80. The van der Waals surface area contributed by atoms with Crippen LogP contribution in [0.1, 0.15) is 46.0 Å². The molecule has 2 unspecified atom stereocenters. The highest BCUT2D eigenvalue weighted by Crippen LogP contribution is 2.60. The summed E-state index contributed by atoms with van der Waals surface area (Å²) in [6.07, 6.45) is 7.58. The molecule has 13 heavy (non-hydrogen) atoms. The summed E-state index contributed by atoms with van der Waals surface area (Å²) in [4.78, 5) is 0. The van der Waals surface area contributed by atoms with E-state index in [0.717, 1.165) is 23.7 Å². The van der Waals surface area contributed by atoms with E-state index in [1.807, 2.05) is 11.8 Å². The van der Waals surface area contributed by atoms with Crippen LogP contribution in [0.4, 0.5) is 0 Å². The summed E-state index contributed by atoms with van der Waals surface area (Å²) in [5, 5.41) is 0. The Morgan fingerprint density at radius 1 is 1.00 bits per heavy atom. The van der Waals surface area contributed by atoms with Gasteiger partial charge in [0.05, 0.1) is 0 Å². The zero-order valence-corrected chi connectivity index (χ0v) is 8.84. The van der Waals surface area contributed by atoms with Crippen molar-refractivity contribution in [3.05, 3.63) is 11.8 Å². The highest BCUT2D eigenvalue weighted by Gasteiger charge is 2.49. The fourth-order valence-electron chi connectivity index (χ4n) is 4.34. The molecule has 0 saturated heterocycles. The number of hydrogen-bond donors (Lipinski definition) is 0. The van der Waals surface area contributed by atoms with Crippen molar-refractivity contribution in [3.8, 4) is 0 Å². The number of rotatable bonds is 1. The first-order valence-electron chi connectivity index (χ1n) is 5.96. The summed E-state index contributed by atoms with van der Waals surface area (Å²) < 4.78 is 0. The maximum absolute atomic E-state index is 2.39. The van der Waals surface area contributed by atoms with Crippen molar-refractivity contribution in [1.29, 1.82) is 0 Å². The van der Waals surface area contributed by atoms with E-state index in [2.05, 4.69) is 13.8 Å². The van der Waals surface area contributed by atoms with Crippen LogP contribution in [0.2, 0.25) is 0 Å². The van der Waals surface area contributed by atoms with E-state index in [9.17, 15) is 0 Å². The molecule has 2 radical (unpaired) electrons. The Balaban J connectivity index is 1.85. The minimum atomic E-state index is 0.833. The van der Waals surface area contributed by atoms with Gasteiger partial charge in [0.1, 0.15) is 0 Å². The SMILES string of the molecule is CC(C)[C]1[C]2CC3CC(C2)CC1C3. The van der Waals surface area contributed by atoms with E-state index < -0.39 is 0 Å². The second-order valence-electron chi connectivity index (χ2n) is 5.76. The third kappa shape index (κ3) is 1.17. The predicted molar refractivity (Wildman–Crippen MR) is 54.9 cm³/mol. The Bertz CT molecular complexity index is 176. The molecule has 4 bridgehead atoms. The van der Waals surface area contributed by atoms with Gasteiger partial charge in [-0.15, -0.1) is 0 Å². The summed E-state index contributed by atoms with van der Waals surface area (Å²) in [6, 6.07) is 0. The molecule has 0 aromatic rings. The molecule has 2 atom stereocenters. The van der Waals surface area contributed by atoms with Crippen LogP contribution < -0.4 is 0 Å². The van der Waals surface area contributed by atoms with Crippen LogP contribution in [0.5, 0.6) is 0 Å². The molecule has 72 valence electrons. The van der Waals surface area contributed by atoms with Gasteiger partial charge >= 0.3 is 0 Å². The fraction of sp³-hybridized carbons (Fsp3) is 0.846. The Labute approximate surface area is 82.1 Å². The first kappa shape index (κ1) is 8.32. The lowest BCUT2D eigenvalue weighted by atomic mass is 9.50. The molecule has 0 amide bonds. The maximum atomic E-state index is 2.39. The van der Waals surface area contributed by atoms with Gasteiger partial charge in [-0.3, -0.25) is 0 Å². The van der Waals surface area contributed by atoms with E-state index >= 15 is 0 Å². The summed E-state index contributed by atoms with van der Waals surface area (Å²) in [5.41, 5.74) is 0. The third-order valence-corrected chi connectivity index (χ3v) is 4.44. The van der Waals surface area contributed by atoms with Gasteiger partial charge in [0.25, 0.3) is 0 Å². The number of hydrogen-bond acceptors (Lipinski definition) is 0. The fourth-order valence-corrected chi connectivity index (χ4v) is 4.34. The normalized spacial score (nSPS) is 45.0. The molecular weight excluding hydrogens is 156 g/mol. The highest BCUT2D eigenvalue weighted by molar-refractivity contribution is 5.29. The lowest BCUT2D eigenvalue weighted by molar-refractivity contribution is 0.0970. The molecule has 4 aliphatic carbocycles. The van der Waals surface area contributed by atoms with E-state index in [-0.39, 0.29) is 0 Å². The standard InChI is InChI=1S/C13H20/c1-8(2)13-11-4-9-3-10(6-11)7-12(13)5-9/h8-11H,3-7H2,1-2H3. The lowest BCUT2D eigenvalue weighted by Gasteiger charge is -2.55. The van der Waals surface area contributed by atoms with Gasteiger partial charge in [0, 0.05) is 0 Å². The molecule has 0 spiro atoms. The average molecular weight is 176 g/mol. The smallest absolute Gasteiger partial charge is 0.0117 e. The monoisotopic (exact) mass is 176 g/mol. The molecular formula is C13H20. The van der Waals surface area contributed by atoms with Crippen molar-refractivity contribution in [2.24, 2.45) is 23.7 Å². The second kappa shape index (κ2) is 2.74. The van der Waals surface area contributed by atoms with Crippen molar-refractivity contribution in [2.75, 3.05) is 0 Å². The van der Waals surface area contributed by atoms with Gasteiger partial charge in [0.2, 0.25) is 0 Å². The minimum Gasteiger partial charge on any atom is -0.0622 e. The molecule has 0 N–H and O–H groups in total. The molecule has 0 nitrogen and oxygen atoms in total. The highest BCUT2D eigenvalue weighted by atomic mass is 14.5. The molecule has 4 rings (SSSR count). The van der Waals surface area contributed by atoms with Crippen LogP contribution in [-0.4, -0.2) is 0 Å². The first-order valence-corrected chi connectivity index (χ1v) is 5.96. The van der Waals surface area contributed by atoms with Gasteiger partial charge in [0.15, 0.2) is 0 Å².